The lowest BCUT2D eigenvalue weighted by atomic mass is 10.2. The molecule has 0 bridgehead atoms. The molecule has 1 aliphatic heterocycles. The Hall–Kier alpha value is -2.57. The Kier molecular flexibility index (Phi) is 4.07. The molecule has 1 aliphatic rings. The van der Waals surface area contributed by atoms with E-state index in [0.29, 0.717) is 40.3 Å². The van der Waals surface area contributed by atoms with Crippen molar-refractivity contribution in [1.82, 2.24) is 24.6 Å². The molecule has 0 spiro atoms. The third kappa shape index (κ3) is 2.83. The number of amides is 1. The fourth-order valence-corrected chi connectivity index (χ4v) is 3.13. The summed E-state index contributed by atoms with van der Waals surface area (Å²) >= 11 is 12.4. The van der Waals surface area contributed by atoms with Gasteiger partial charge in [0.15, 0.2) is 5.82 Å². The molecule has 0 atom stereocenters. The van der Waals surface area contributed by atoms with Crippen molar-refractivity contribution in [2.24, 2.45) is 0 Å². The number of aromatic nitrogens is 4. The van der Waals surface area contributed by atoms with Gasteiger partial charge in [-0.15, -0.1) is 10.2 Å². The molecule has 8 heteroatoms. The van der Waals surface area contributed by atoms with Gasteiger partial charge in [-0.25, -0.2) is 0 Å². The largest absolute Gasteiger partial charge is 0.356 e. The van der Waals surface area contributed by atoms with Gasteiger partial charge in [0.25, 0.3) is 5.91 Å². The van der Waals surface area contributed by atoms with Crippen LogP contribution < -0.4 is 0 Å². The van der Waals surface area contributed by atoms with E-state index in [-0.39, 0.29) is 5.91 Å². The average molecular weight is 374 g/mol. The van der Waals surface area contributed by atoms with Crippen molar-refractivity contribution in [3.05, 3.63) is 64.7 Å². The minimum absolute atomic E-state index is 0.0527. The molecule has 3 aromatic rings. The minimum Gasteiger partial charge on any atom is -0.356 e. The predicted molar refractivity (Wildman–Crippen MR) is 96.2 cm³/mol. The molecule has 0 aliphatic carbocycles. The van der Waals surface area contributed by atoms with Crippen molar-refractivity contribution >= 4 is 29.1 Å². The maximum atomic E-state index is 12.5. The Balaban J connectivity index is 1.69. The first-order valence-electron chi connectivity index (χ1n) is 7.62. The van der Waals surface area contributed by atoms with E-state index >= 15 is 0 Å². The molecule has 3 heterocycles. The van der Waals surface area contributed by atoms with E-state index in [1.165, 1.54) is 0 Å². The van der Waals surface area contributed by atoms with Gasteiger partial charge in [0, 0.05) is 24.8 Å². The number of nitrogens with zero attached hydrogens (tertiary/aromatic N) is 4. The lowest BCUT2D eigenvalue weighted by molar-refractivity contribution is 0.0795. The molecule has 6 nitrogen and oxygen atoms in total. The summed E-state index contributed by atoms with van der Waals surface area (Å²) in [5.41, 5.74) is 1.92. The van der Waals surface area contributed by atoms with Crippen LogP contribution in [-0.4, -0.2) is 43.6 Å². The van der Waals surface area contributed by atoms with Crippen molar-refractivity contribution in [2.75, 3.05) is 13.1 Å². The van der Waals surface area contributed by atoms with Crippen molar-refractivity contribution in [1.29, 1.82) is 0 Å². The first-order valence-corrected chi connectivity index (χ1v) is 8.38. The van der Waals surface area contributed by atoms with Gasteiger partial charge in [-0.3, -0.25) is 9.36 Å². The highest BCUT2D eigenvalue weighted by molar-refractivity contribution is 6.43. The molecular weight excluding hydrogens is 361 g/mol. The fourth-order valence-electron chi connectivity index (χ4n) is 2.75. The summed E-state index contributed by atoms with van der Waals surface area (Å²) in [4.78, 5) is 17.2. The molecule has 2 aromatic heterocycles. The molecule has 25 heavy (non-hydrogen) atoms. The number of nitrogens with one attached hydrogen (secondary N) is 1. The molecule has 1 aromatic carbocycles. The third-order valence-corrected chi connectivity index (χ3v) is 4.82. The second kappa shape index (κ2) is 6.38. The summed E-state index contributed by atoms with van der Waals surface area (Å²) in [6, 6.07) is 7.11. The molecule has 0 radical (unpaired) electrons. The highest BCUT2D eigenvalue weighted by Gasteiger charge is 2.20. The Morgan fingerprint density at radius 1 is 1.20 bits per heavy atom. The van der Waals surface area contributed by atoms with Crippen molar-refractivity contribution in [3.8, 4) is 17.1 Å². The van der Waals surface area contributed by atoms with E-state index in [9.17, 15) is 4.79 Å². The van der Waals surface area contributed by atoms with Gasteiger partial charge >= 0.3 is 0 Å². The fraction of sp³-hybridized carbons (Fsp3) is 0.118. The summed E-state index contributed by atoms with van der Waals surface area (Å²) in [5.74, 6) is 0.516. The van der Waals surface area contributed by atoms with E-state index in [1.807, 2.05) is 18.2 Å². The number of carbonyl (C=O) groups is 1. The number of carbonyl (C=O) groups excluding carboxylic acids is 1. The zero-order chi connectivity index (χ0) is 17.4. The van der Waals surface area contributed by atoms with Crippen LogP contribution in [0, 0.1) is 0 Å². The summed E-state index contributed by atoms with van der Waals surface area (Å²) in [6.45, 7) is 1.25. The van der Waals surface area contributed by atoms with Crippen LogP contribution in [0.5, 0.6) is 0 Å². The van der Waals surface area contributed by atoms with E-state index in [0.717, 1.165) is 5.56 Å². The van der Waals surface area contributed by atoms with Gasteiger partial charge < -0.3 is 9.88 Å². The summed E-state index contributed by atoms with van der Waals surface area (Å²) in [5, 5.41) is 8.99. The monoisotopic (exact) mass is 373 g/mol. The first-order chi connectivity index (χ1) is 12.1. The summed E-state index contributed by atoms with van der Waals surface area (Å²) in [6.07, 6.45) is 7.24. The van der Waals surface area contributed by atoms with Crippen LogP contribution in [0.25, 0.3) is 17.1 Å². The second-order valence-electron chi connectivity index (χ2n) is 5.58. The van der Waals surface area contributed by atoms with Gasteiger partial charge in [-0.1, -0.05) is 41.4 Å². The van der Waals surface area contributed by atoms with Gasteiger partial charge in [0.2, 0.25) is 0 Å². The molecule has 0 saturated carbocycles. The predicted octanol–water partition coefficient (Wildman–Crippen LogP) is 3.58. The topological polar surface area (TPSA) is 66.8 Å². The third-order valence-electron chi connectivity index (χ3n) is 4.02. The number of aromatic amines is 1. The number of hydrogen-bond acceptors (Lipinski definition) is 3. The molecule has 0 unspecified atom stereocenters. The lowest BCUT2D eigenvalue weighted by Gasteiger charge is -2.13. The Bertz CT molecular complexity index is 967. The highest BCUT2D eigenvalue weighted by Crippen LogP contribution is 2.31. The zero-order valence-electron chi connectivity index (χ0n) is 13.0. The maximum absolute atomic E-state index is 12.5. The molecular formula is C17H13Cl2N5O. The first kappa shape index (κ1) is 15.9. The van der Waals surface area contributed by atoms with Crippen molar-refractivity contribution in [2.45, 2.75) is 0 Å². The molecule has 1 amide bonds. The zero-order valence-corrected chi connectivity index (χ0v) is 14.5. The lowest BCUT2D eigenvalue weighted by Crippen LogP contribution is -2.28. The van der Waals surface area contributed by atoms with Crippen molar-refractivity contribution in [3.63, 3.8) is 0 Å². The van der Waals surface area contributed by atoms with Gasteiger partial charge in [0.1, 0.15) is 12.0 Å². The van der Waals surface area contributed by atoms with Crippen LogP contribution in [0.2, 0.25) is 10.0 Å². The van der Waals surface area contributed by atoms with E-state index < -0.39 is 0 Å². The quantitative estimate of drug-likeness (QED) is 0.713. The summed E-state index contributed by atoms with van der Waals surface area (Å²) < 4.78 is 1.74. The Labute approximate surface area is 153 Å². The standard InChI is InChI=1S/C17H13Cl2N5O/c18-12-4-3-5-14(15(12)19)24-10-21-22-16(24)11-8-13(20-9-11)17(25)23-6-1-2-7-23/h1-5,8-10,20H,6-7H2. The number of rotatable bonds is 3. The smallest absolute Gasteiger partial charge is 0.270 e. The second-order valence-corrected chi connectivity index (χ2v) is 6.37. The average Bonchev–Trinajstić information content (AvgIpc) is 3.37. The van der Waals surface area contributed by atoms with Crippen LogP contribution in [-0.2, 0) is 0 Å². The number of benzene rings is 1. The van der Waals surface area contributed by atoms with Crippen LogP contribution in [0.4, 0.5) is 0 Å². The normalized spacial score (nSPS) is 13.6. The number of hydrogen-bond donors (Lipinski definition) is 1. The van der Waals surface area contributed by atoms with Gasteiger partial charge in [-0.2, -0.15) is 0 Å². The van der Waals surface area contributed by atoms with Crippen LogP contribution in [0.15, 0.2) is 48.9 Å². The maximum Gasteiger partial charge on any atom is 0.270 e. The van der Waals surface area contributed by atoms with Gasteiger partial charge in [0.05, 0.1) is 15.7 Å². The van der Waals surface area contributed by atoms with Crippen molar-refractivity contribution < 1.29 is 4.79 Å². The SMILES string of the molecule is O=C(c1cc(-c2nncn2-c2cccc(Cl)c2Cl)c[nH]1)N1CC=CC1. The van der Waals surface area contributed by atoms with Crippen LogP contribution >= 0.6 is 23.2 Å². The van der Waals surface area contributed by atoms with E-state index in [4.69, 9.17) is 23.2 Å². The number of H-pyrrole nitrogens is 1. The minimum atomic E-state index is -0.0527. The van der Waals surface area contributed by atoms with Crippen LogP contribution in [0.1, 0.15) is 10.5 Å². The van der Waals surface area contributed by atoms with Gasteiger partial charge in [-0.05, 0) is 18.2 Å². The molecule has 0 fully saturated rings. The molecule has 4 rings (SSSR count). The summed E-state index contributed by atoms with van der Waals surface area (Å²) in [7, 11) is 0. The molecule has 0 saturated heterocycles. The van der Waals surface area contributed by atoms with E-state index in [1.54, 1.807) is 40.2 Å². The highest BCUT2D eigenvalue weighted by atomic mass is 35.5. The molecule has 1 N–H and O–H groups in total. The van der Waals surface area contributed by atoms with E-state index in [2.05, 4.69) is 15.2 Å². The molecule has 126 valence electrons. The Morgan fingerprint density at radius 3 is 2.80 bits per heavy atom. The number of halogens is 2. The Morgan fingerprint density at radius 2 is 2.00 bits per heavy atom. The van der Waals surface area contributed by atoms with Crippen LogP contribution in [0.3, 0.4) is 0 Å².